The van der Waals surface area contributed by atoms with Gasteiger partial charge in [0.2, 0.25) is 0 Å². The van der Waals surface area contributed by atoms with Crippen LogP contribution in [0.4, 0.5) is 5.69 Å². The van der Waals surface area contributed by atoms with E-state index in [4.69, 9.17) is 14.5 Å². The Morgan fingerprint density at radius 1 is 0.919 bits per heavy atom. The molecular weight excluding hydrogens is 462 g/mol. The Morgan fingerprint density at radius 3 is 2.51 bits per heavy atom. The van der Waals surface area contributed by atoms with Gasteiger partial charge in [-0.2, -0.15) is 0 Å². The molecule has 0 bridgehead atoms. The van der Waals surface area contributed by atoms with Crippen LogP contribution in [0.2, 0.25) is 0 Å². The Hall–Kier alpha value is -2.77. The number of benzene rings is 1. The minimum atomic E-state index is 0.695. The summed E-state index contributed by atoms with van der Waals surface area (Å²) in [5.74, 6) is 1.65. The maximum Gasteiger partial charge on any atom is 0.139 e. The molecule has 3 fully saturated rings. The first-order valence-corrected chi connectivity index (χ1v) is 14.3. The molecule has 0 unspecified atom stereocenters. The van der Waals surface area contributed by atoms with Crippen LogP contribution in [-0.4, -0.2) is 84.8 Å². The minimum Gasteiger partial charge on any atom is -0.497 e. The number of hydrogen-bond acceptors (Lipinski definition) is 6. The van der Waals surface area contributed by atoms with Crippen LogP contribution in [-0.2, 0) is 0 Å². The fourth-order valence-corrected chi connectivity index (χ4v) is 6.35. The molecule has 7 heteroatoms. The van der Waals surface area contributed by atoms with Gasteiger partial charge in [0.1, 0.15) is 17.1 Å². The number of aromatic nitrogens is 2. The van der Waals surface area contributed by atoms with Crippen molar-refractivity contribution < 1.29 is 9.47 Å². The van der Waals surface area contributed by atoms with Crippen LogP contribution < -0.4 is 14.4 Å². The molecule has 37 heavy (non-hydrogen) atoms. The van der Waals surface area contributed by atoms with Gasteiger partial charge < -0.3 is 23.7 Å². The number of hydrogen-bond donors (Lipinski definition) is 0. The summed E-state index contributed by atoms with van der Waals surface area (Å²) in [5.41, 5.74) is 4.18. The second-order valence-electron chi connectivity index (χ2n) is 10.9. The van der Waals surface area contributed by atoms with Gasteiger partial charge in [-0.05, 0) is 63.4 Å². The highest BCUT2D eigenvalue weighted by Crippen LogP contribution is 2.34. The molecule has 0 spiro atoms. The average molecular weight is 504 g/mol. The van der Waals surface area contributed by atoms with E-state index >= 15 is 0 Å². The van der Waals surface area contributed by atoms with E-state index in [1.807, 2.05) is 12.1 Å². The number of piperazine rings is 1. The van der Waals surface area contributed by atoms with Crippen molar-refractivity contribution in [2.45, 2.75) is 51.0 Å². The second-order valence-corrected chi connectivity index (χ2v) is 10.9. The van der Waals surface area contributed by atoms with Crippen LogP contribution in [0.5, 0.6) is 11.5 Å². The lowest BCUT2D eigenvalue weighted by Crippen LogP contribution is -2.49. The van der Waals surface area contributed by atoms with E-state index in [1.54, 1.807) is 7.11 Å². The predicted molar refractivity (Wildman–Crippen MR) is 149 cm³/mol. The van der Waals surface area contributed by atoms with E-state index in [1.165, 1.54) is 70.4 Å². The van der Waals surface area contributed by atoms with Gasteiger partial charge in [0.15, 0.2) is 0 Å². The van der Waals surface area contributed by atoms with Crippen molar-refractivity contribution in [3.8, 4) is 22.8 Å². The van der Waals surface area contributed by atoms with E-state index in [-0.39, 0.29) is 0 Å². The number of methoxy groups -OCH3 is 1. The van der Waals surface area contributed by atoms with Gasteiger partial charge in [-0.15, -0.1) is 0 Å². The van der Waals surface area contributed by atoms with Crippen molar-refractivity contribution in [2.75, 3.05) is 64.4 Å². The normalized spacial score (nSPS) is 19.8. The average Bonchev–Trinajstić information content (AvgIpc) is 3.73. The van der Waals surface area contributed by atoms with Crippen LogP contribution >= 0.6 is 0 Å². The third kappa shape index (κ3) is 5.58. The molecule has 2 saturated heterocycles. The van der Waals surface area contributed by atoms with Gasteiger partial charge in [0.25, 0.3) is 0 Å². The number of nitrogens with zero attached hydrogens (tertiary/aromatic N) is 5. The Bertz CT molecular complexity index is 1170. The van der Waals surface area contributed by atoms with E-state index in [9.17, 15) is 0 Å². The molecule has 198 valence electrons. The van der Waals surface area contributed by atoms with Gasteiger partial charge in [-0.1, -0.05) is 12.8 Å². The van der Waals surface area contributed by atoms with Crippen LogP contribution in [0.1, 0.15) is 44.9 Å². The Morgan fingerprint density at radius 2 is 1.73 bits per heavy atom. The molecule has 1 saturated carbocycles. The van der Waals surface area contributed by atoms with E-state index in [0.29, 0.717) is 6.61 Å². The number of rotatable bonds is 9. The molecule has 4 heterocycles. The standard InChI is InChI=1S/C30H41N5O2/c1-36-26-9-10-27(29(22-26)37-20-6-14-32-12-4-5-13-32)28-23-35-15-11-25(21-30(35)31-28)34-18-16-33(17-19-34)24-7-2-3-8-24/h9-11,15,21-24H,2-8,12-14,16-20H2,1H3. The predicted octanol–water partition coefficient (Wildman–Crippen LogP) is 4.94. The zero-order valence-corrected chi connectivity index (χ0v) is 22.3. The monoisotopic (exact) mass is 503 g/mol. The fraction of sp³-hybridized carbons (Fsp3) is 0.567. The summed E-state index contributed by atoms with van der Waals surface area (Å²) in [6.07, 6.45) is 13.5. The maximum atomic E-state index is 6.29. The number of fused-ring (bicyclic) bond motifs is 1. The molecule has 1 aromatic carbocycles. The van der Waals surface area contributed by atoms with Crippen molar-refractivity contribution >= 4 is 11.3 Å². The highest BCUT2D eigenvalue weighted by atomic mass is 16.5. The second kappa shape index (κ2) is 11.3. The fourth-order valence-electron chi connectivity index (χ4n) is 6.35. The number of likely N-dealkylation sites (tertiary alicyclic amines) is 1. The molecule has 0 radical (unpaired) electrons. The third-order valence-electron chi connectivity index (χ3n) is 8.50. The molecule has 6 rings (SSSR count). The lowest BCUT2D eigenvalue weighted by molar-refractivity contribution is 0.187. The quantitative estimate of drug-likeness (QED) is 0.386. The van der Waals surface area contributed by atoms with Crippen LogP contribution in [0, 0.1) is 0 Å². The number of anilines is 1. The molecule has 2 aliphatic heterocycles. The van der Waals surface area contributed by atoms with Crippen LogP contribution in [0.25, 0.3) is 16.9 Å². The molecular formula is C30H41N5O2. The largest absolute Gasteiger partial charge is 0.497 e. The van der Waals surface area contributed by atoms with Crippen molar-refractivity contribution in [3.05, 3.63) is 42.7 Å². The van der Waals surface area contributed by atoms with E-state index in [2.05, 4.69) is 49.7 Å². The molecule has 0 atom stereocenters. The first-order valence-electron chi connectivity index (χ1n) is 14.3. The molecule has 3 aliphatic rings. The third-order valence-corrected chi connectivity index (χ3v) is 8.50. The SMILES string of the molecule is COc1ccc(-c2cn3ccc(N4CCN(C5CCCC5)CC4)cc3n2)c(OCCCN2CCCC2)c1. The summed E-state index contributed by atoms with van der Waals surface area (Å²) in [7, 11) is 1.70. The van der Waals surface area contributed by atoms with Crippen molar-refractivity contribution in [1.29, 1.82) is 0 Å². The lowest BCUT2D eigenvalue weighted by Gasteiger charge is -2.39. The summed E-state index contributed by atoms with van der Waals surface area (Å²) >= 11 is 0. The molecule has 0 N–H and O–H groups in total. The molecule has 7 nitrogen and oxygen atoms in total. The summed E-state index contributed by atoms with van der Waals surface area (Å²) in [5, 5.41) is 0. The number of imidazole rings is 1. The summed E-state index contributed by atoms with van der Waals surface area (Å²) in [6.45, 7) is 8.77. The van der Waals surface area contributed by atoms with Gasteiger partial charge in [-0.25, -0.2) is 4.98 Å². The van der Waals surface area contributed by atoms with Crippen molar-refractivity contribution in [3.63, 3.8) is 0 Å². The summed E-state index contributed by atoms with van der Waals surface area (Å²) < 4.78 is 13.9. The molecule has 1 aliphatic carbocycles. The van der Waals surface area contributed by atoms with E-state index < -0.39 is 0 Å². The molecule has 2 aromatic heterocycles. The highest BCUT2D eigenvalue weighted by molar-refractivity contribution is 5.71. The first-order chi connectivity index (χ1) is 18.3. The Balaban J connectivity index is 1.15. The highest BCUT2D eigenvalue weighted by Gasteiger charge is 2.26. The smallest absolute Gasteiger partial charge is 0.139 e. The molecule has 0 amide bonds. The number of pyridine rings is 1. The maximum absolute atomic E-state index is 6.29. The zero-order chi connectivity index (χ0) is 25.0. The first kappa shape index (κ1) is 24.6. The van der Waals surface area contributed by atoms with Crippen molar-refractivity contribution in [1.82, 2.24) is 19.2 Å². The van der Waals surface area contributed by atoms with Gasteiger partial charge in [-0.3, -0.25) is 4.90 Å². The Labute approximate surface area is 221 Å². The molecule has 3 aromatic rings. The van der Waals surface area contributed by atoms with Crippen LogP contribution in [0.15, 0.2) is 42.7 Å². The Kier molecular flexibility index (Phi) is 7.51. The lowest BCUT2D eigenvalue weighted by atomic mass is 10.1. The summed E-state index contributed by atoms with van der Waals surface area (Å²) in [4.78, 5) is 12.8. The topological polar surface area (TPSA) is 45.5 Å². The van der Waals surface area contributed by atoms with Gasteiger partial charge in [0.05, 0.1) is 19.4 Å². The van der Waals surface area contributed by atoms with Gasteiger partial charge in [0, 0.05) is 74.5 Å². The number of ether oxygens (including phenoxy) is 2. The minimum absolute atomic E-state index is 0.695. The zero-order valence-electron chi connectivity index (χ0n) is 22.3. The van der Waals surface area contributed by atoms with E-state index in [0.717, 1.165) is 60.5 Å². The van der Waals surface area contributed by atoms with Gasteiger partial charge >= 0.3 is 0 Å². The van der Waals surface area contributed by atoms with Crippen LogP contribution in [0.3, 0.4) is 0 Å². The van der Waals surface area contributed by atoms with Crippen molar-refractivity contribution in [2.24, 2.45) is 0 Å². The summed E-state index contributed by atoms with van der Waals surface area (Å²) in [6, 6.07) is 11.3.